The lowest BCUT2D eigenvalue weighted by atomic mass is 9.85. The summed E-state index contributed by atoms with van der Waals surface area (Å²) in [5, 5.41) is 12.2. The van der Waals surface area contributed by atoms with Crippen LogP contribution in [0, 0.1) is 5.92 Å². The van der Waals surface area contributed by atoms with Crippen LogP contribution in [-0.2, 0) is 11.4 Å². The fourth-order valence-electron chi connectivity index (χ4n) is 1.99. The van der Waals surface area contributed by atoms with Crippen molar-refractivity contribution in [3.05, 3.63) is 23.8 Å². The number of carbonyl (C=O) groups excluding carboxylic acids is 1. The Morgan fingerprint density at radius 1 is 1.50 bits per heavy atom. The molecule has 0 spiro atoms. The first kappa shape index (κ1) is 12.9. The van der Waals surface area contributed by atoms with Crippen LogP contribution in [0.3, 0.4) is 0 Å². The lowest BCUT2D eigenvalue weighted by Gasteiger charge is -2.24. The van der Waals surface area contributed by atoms with Crippen LogP contribution in [0.4, 0.5) is 5.69 Å². The van der Waals surface area contributed by atoms with Gasteiger partial charge in [-0.3, -0.25) is 4.79 Å². The second kappa shape index (κ2) is 5.87. The molecule has 98 valence electrons. The summed E-state index contributed by atoms with van der Waals surface area (Å²) in [6, 6.07) is 5.35. The molecule has 0 atom stereocenters. The molecule has 0 aliphatic heterocycles. The molecule has 2 N–H and O–H groups in total. The highest BCUT2D eigenvalue weighted by molar-refractivity contribution is 5.93. The maximum absolute atomic E-state index is 11.8. The summed E-state index contributed by atoms with van der Waals surface area (Å²) in [5.74, 6) is 0.907. The lowest BCUT2D eigenvalue weighted by molar-refractivity contribution is -0.122. The van der Waals surface area contributed by atoms with Crippen molar-refractivity contribution >= 4 is 11.6 Å². The van der Waals surface area contributed by atoms with Gasteiger partial charge in [0.1, 0.15) is 5.75 Å². The molecule has 1 fully saturated rings. The van der Waals surface area contributed by atoms with Gasteiger partial charge in [0.25, 0.3) is 0 Å². The van der Waals surface area contributed by atoms with E-state index in [9.17, 15) is 9.90 Å². The van der Waals surface area contributed by atoms with Crippen LogP contribution in [0.15, 0.2) is 18.2 Å². The molecular weight excluding hydrogens is 230 g/mol. The van der Waals surface area contributed by atoms with Gasteiger partial charge in [-0.05, 0) is 38.0 Å². The summed E-state index contributed by atoms with van der Waals surface area (Å²) in [6.07, 6.45) is 3.11. The predicted molar refractivity (Wildman–Crippen MR) is 69.5 cm³/mol. The Kier molecular flexibility index (Phi) is 4.20. The van der Waals surface area contributed by atoms with Gasteiger partial charge in [-0.2, -0.15) is 0 Å². The number of anilines is 1. The zero-order valence-electron chi connectivity index (χ0n) is 10.6. The Balaban J connectivity index is 2.06. The number of amides is 1. The summed E-state index contributed by atoms with van der Waals surface area (Å²) in [7, 11) is 0. The van der Waals surface area contributed by atoms with Crippen molar-refractivity contribution in [2.45, 2.75) is 32.8 Å². The predicted octanol–water partition coefficient (Wildman–Crippen LogP) is 2.32. The van der Waals surface area contributed by atoms with Gasteiger partial charge >= 0.3 is 0 Å². The third-order valence-corrected chi connectivity index (χ3v) is 3.27. The first-order chi connectivity index (χ1) is 8.74. The number of ether oxygens (including phenoxy) is 1. The summed E-state index contributed by atoms with van der Waals surface area (Å²) in [4.78, 5) is 11.8. The molecule has 2 rings (SSSR count). The van der Waals surface area contributed by atoms with Crippen LogP contribution in [0.2, 0.25) is 0 Å². The maximum atomic E-state index is 11.8. The first-order valence-electron chi connectivity index (χ1n) is 6.42. The minimum atomic E-state index is -0.0948. The molecule has 1 aromatic rings. The van der Waals surface area contributed by atoms with Crippen molar-refractivity contribution in [1.82, 2.24) is 0 Å². The van der Waals surface area contributed by atoms with Crippen molar-refractivity contribution in [1.29, 1.82) is 0 Å². The van der Waals surface area contributed by atoms with Gasteiger partial charge in [-0.25, -0.2) is 0 Å². The molecule has 1 aromatic carbocycles. The number of rotatable bonds is 5. The molecule has 1 amide bonds. The molecule has 0 saturated heterocycles. The molecule has 0 unspecified atom stereocenters. The van der Waals surface area contributed by atoms with Crippen LogP contribution >= 0.6 is 0 Å². The van der Waals surface area contributed by atoms with Crippen molar-refractivity contribution in [3.8, 4) is 5.75 Å². The van der Waals surface area contributed by atoms with Gasteiger partial charge in [0.2, 0.25) is 5.91 Å². The van der Waals surface area contributed by atoms with E-state index in [4.69, 9.17) is 4.74 Å². The molecule has 18 heavy (non-hydrogen) atoms. The van der Waals surface area contributed by atoms with Crippen LogP contribution in [0.25, 0.3) is 0 Å². The van der Waals surface area contributed by atoms with Gasteiger partial charge in [-0.1, -0.05) is 6.42 Å². The zero-order valence-corrected chi connectivity index (χ0v) is 10.6. The number of aliphatic hydroxyl groups is 1. The molecule has 4 heteroatoms. The minimum Gasteiger partial charge on any atom is -0.494 e. The highest BCUT2D eigenvalue weighted by atomic mass is 16.5. The molecule has 1 aliphatic carbocycles. The van der Waals surface area contributed by atoms with Crippen LogP contribution < -0.4 is 10.1 Å². The number of hydrogen-bond acceptors (Lipinski definition) is 3. The molecular formula is C14H19NO3. The van der Waals surface area contributed by atoms with E-state index < -0.39 is 0 Å². The summed E-state index contributed by atoms with van der Waals surface area (Å²) >= 11 is 0. The molecule has 1 saturated carbocycles. The quantitative estimate of drug-likeness (QED) is 0.842. The Morgan fingerprint density at radius 3 is 2.83 bits per heavy atom. The Bertz CT molecular complexity index is 427. The molecule has 0 heterocycles. The highest BCUT2D eigenvalue weighted by Gasteiger charge is 2.25. The minimum absolute atomic E-state index is 0.0781. The second-order valence-electron chi connectivity index (χ2n) is 4.53. The van der Waals surface area contributed by atoms with E-state index in [0.29, 0.717) is 17.9 Å². The number of carbonyl (C=O) groups is 1. The fourth-order valence-corrected chi connectivity index (χ4v) is 1.99. The Labute approximate surface area is 107 Å². The van der Waals surface area contributed by atoms with E-state index >= 15 is 0 Å². The molecule has 4 nitrogen and oxygen atoms in total. The van der Waals surface area contributed by atoms with Crippen LogP contribution in [0.5, 0.6) is 5.75 Å². The van der Waals surface area contributed by atoms with Crippen molar-refractivity contribution in [2.75, 3.05) is 11.9 Å². The Morgan fingerprint density at radius 2 is 2.28 bits per heavy atom. The average Bonchev–Trinajstić information content (AvgIpc) is 2.29. The largest absolute Gasteiger partial charge is 0.494 e. The molecule has 0 bridgehead atoms. The van der Waals surface area contributed by atoms with Gasteiger partial charge < -0.3 is 15.2 Å². The zero-order chi connectivity index (χ0) is 13.0. The van der Waals surface area contributed by atoms with Gasteiger partial charge in [0.15, 0.2) is 0 Å². The lowest BCUT2D eigenvalue weighted by Crippen LogP contribution is -2.28. The van der Waals surface area contributed by atoms with Crippen molar-refractivity contribution in [2.24, 2.45) is 5.92 Å². The third kappa shape index (κ3) is 2.82. The van der Waals surface area contributed by atoms with Crippen molar-refractivity contribution < 1.29 is 14.6 Å². The first-order valence-corrected chi connectivity index (χ1v) is 6.42. The summed E-state index contributed by atoms with van der Waals surface area (Å²) in [6.45, 7) is 2.36. The van der Waals surface area contributed by atoms with E-state index in [2.05, 4.69) is 5.32 Å². The van der Waals surface area contributed by atoms with Crippen LogP contribution in [-0.4, -0.2) is 17.6 Å². The Hall–Kier alpha value is -1.55. The number of nitrogens with one attached hydrogen (secondary N) is 1. The van der Waals surface area contributed by atoms with Crippen LogP contribution in [0.1, 0.15) is 31.7 Å². The fraction of sp³-hybridized carbons (Fsp3) is 0.500. The second-order valence-corrected chi connectivity index (χ2v) is 4.53. The standard InChI is InChI=1S/C14H19NO3/c1-2-18-13-7-6-12(8-11(13)9-16)15-14(17)10-4-3-5-10/h6-8,10,16H,2-5,9H2,1H3,(H,15,17). The normalized spacial score (nSPS) is 15.0. The van der Waals surface area contributed by atoms with Crippen molar-refractivity contribution in [3.63, 3.8) is 0 Å². The SMILES string of the molecule is CCOc1ccc(NC(=O)C2CCC2)cc1CO. The number of benzene rings is 1. The topological polar surface area (TPSA) is 58.6 Å². The third-order valence-electron chi connectivity index (χ3n) is 3.27. The highest BCUT2D eigenvalue weighted by Crippen LogP contribution is 2.28. The molecule has 0 radical (unpaired) electrons. The summed E-state index contributed by atoms with van der Waals surface area (Å²) < 4.78 is 5.39. The number of hydrogen-bond donors (Lipinski definition) is 2. The van der Waals surface area contributed by atoms with E-state index in [0.717, 1.165) is 24.9 Å². The van der Waals surface area contributed by atoms with E-state index in [1.54, 1.807) is 18.2 Å². The van der Waals surface area contributed by atoms with E-state index in [-0.39, 0.29) is 18.4 Å². The number of aliphatic hydroxyl groups excluding tert-OH is 1. The van der Waals surface area contributed by atoms with Gasteiger partial charge in [0.05, 0.1) is 13.2 Å². The van der Waals surface area contributed by atoms with Gasteiger partial charge in [-0.15, -0.1) is 0 Å². The van der Waals surface area contributed by atoms with E-state index in [1.807, 2.05) is 6.92 Å². The average molecular weight is 249 g/mol. The maximum Gasteiger partial charge on any atom is 0.227 e. The smallest absolute Gasteiger partial charge is 0.227 e. The van der Waals surface area contributed by atoms with Gasteiger partial charge in [0, 0.05) is 17.2 Å². The summed E-state index contributed by atoms with van der Waals surface area (Å²) in [5.41, 5.74) is 1.42. The van der Waals surface area contributed by atoms with E-state index in [1.165, 1.54) is 0 Å². The molecule has 0 aromatic heterocycles. The molecule has 1 aliphatic rings. The monoisotopic (exact) mass is 249 g/mol.